The highest BCUT2D eigenvalue weighted by atomic mass is 35.5. The van der Waals surface area contributed by atoms with Gasteiger partial charge in [0.05, 0.1) is 39.6 Å². The van der Waals surface area contributed by atoms with Crippen LogP contribution in [0.15, 0.2) is 57.1 Å². The summed E-state index contributed by atoms with van der Waals surface area (Å²) in [6, 6.07) is 10.4. The van der Waals surface area contributed by atoms with E-state index in [9.17, 15) is 27.9 Å². The van der Waals surface area contributed by atoms with Crippen molar-refractivity contribution in [3.8, 4) is 11.5 Å². The highest BCUT2D eigenvalue weighted by Gasteiger charge is 2.38. The largest absolute Gasteiger partial charge is 0.501 e. The van der Waals surface area contributed by atoms with E-state index in [0.717, 1.165) is 0 Å². The van der Waals surface area contributed by atoms with Gasteiger partial charge in [-0.3, -0.25) is 14.4 Å². The van der Waals surface area contributed by atoms with Crippen LogP contribution in [-0.4, -0.2) is 82.9 Å². The van der Waals surface area contributed by atoms with Crippen molar-refractivity contribution in [2.24, 2.45) is 0 Å². The van der Waals surface area contributed by atoms with Crippen LogP contribution in [0.2, 0.25) is 10.0 Å². The predicted octanol–water partition coefficient (Wildman–Crippen LogP) is 3.65. The number of carbonyl (C=O) groups excluding carboxylic acids is 2. The quantitative estimate of drug-likeness (QED) is 0.339. The van der Waals surface area contributed by atoms with Gasteiger partial charge in [0.15, 0.2) is 15.5 Å². The number of ether oxygens (including phenoxy) is 1. The molecule has 228 valence electrons. The number of hydrogen-bond acceptors (Lipinski definition) is 9. The number of fused-ring (bicyclic) bond motifs is 1. The van der Waals surface area contributed by atoms with E-state index in [-0.39, 0.29) is 53.5 Å². The van der Waals surface area contributed by atoms with E-state index in [1.807, 2.05) is 0 Å². The second kappa shape index (κ2) is 12.8. The lowest BCUT2D eigenvalue weighted by Crippen LogP contribution is -2.46. The van der Waals surface area contributed by atoms with E-state index >= 15 is 0 Å². The molecule has 0 saturated carbocycles. The van der Waals surface area contributed by atoms with Gasteiger partial charge >= 0.3 is 5.56 Å². The number of likely N-dealkylation sites (tertiary alicyclic amines) is 1. The minimum atomic E-state index is -3.73. The Morgan fingerprint density at radius 2 is 1.79 bits per heavy atom. The van der Waals surface area contributed by atoms with E-state index in [4.69, 9.17) is 27.9 Å². The fraction of sp³-hybridized carbons (Fsp3) is 0.357. The first-order chi connectivity index (χ1) is 20.5. The van der Waals surface area contributed by atoms with Gasteiger partial charge in [-0.1, -0.05) is 29.3 Å². The Morgan fingerprint density at radius 3 is 2.47 bits per heavy atom. The lowest BCUT2D eigenvalue weighted by atomic mass is 10.1. The molecule has 0 aliphatic carbocycles. The molecule has 0 spiro atoms. The summed E-state index contributed by atoms with van der Waals surface area (Å²) >= 11 is 13.7. The second-order valence-corrected chi connectivity index (χ2v) is 13.9. The van der Waals surface area contributed by atoms with Crippen molar-refractivity contribution in [3.05, 3.63) is 74.4 Å². The molecule has 1 unspecified atom stereocenters. The minimum Gasteiger partial charge on any atom is -0.501 e. The molecule has 5 rings (SSSR count). The van der Waals surface area contributed by atoms with Gasteiger partial charge in [-0.15, -0.1) is 11.8 Å². The Morgan fingerprint density at radius 1 is 1.09 bits per heavy atom. The van der Waals surface area contributed by atoms with Crippen molar-refractivity contribution in [3.63, 3.8) is 0 Å². The van der Waals surface area contributed by atoms with Crippen LogP contribution in [-0.2, 0) is 21.2 Å². The molecule has 15 heteroatoms. The third-order valence-electron chi connectivity index (χ3n) is 7.45. The standard InChI is InChI=1S/C28H28Cl2N4O7S2/c1-41-17-7-9-18(10-8-17)43(39,40)15-14-32-12-13-34-23(28(32)38)24(36)27(37)31-26(34)21-6-3-11-33(21)22(35)16-42-25-19(29)4-2-5-20(25)30/h2,4-5,7-10,21,36H,3,6,11-16H2,1H3. The first-order valence-electron chi connectivity index (χ1n) is 13.4. The number of nitrogens with zero attached hydrogens (tertiary/aromatic N) is 4. The van der Waals surface area contributed by atoms with Crippen molar-refractivity contribution in [1.29, 1.82) is 0 Å². The zero-order chi connectivity index (χ0) is 30.9. The molecule has 2 aliphatic heterocycles. The first kappa shape index (κ1) is 31.2. The lowest BCUT2D eigenvalue weighted by molar-refractivity contribution is -0.129. The van der Waals surface area contributed by atoms with Gasteiger partial charge in [-0.2, -0.15) is 4.98 Å². The number of aromatic nitrogens is 2. The Labute approximate surface area is 262 Å². The zero-order valence-electron chi connectivity index (χ0n) is 23.0. The van der Waals surface area contributed by atoms with Gasteiger partial charge < -0.3 is 24.2 Å². The number of aromatic hydroxyl groups is 1. The Bertz CT molecular complexity index is 1710. The fourth-order valence-electron chi connectivity index (χ4n) is 5.25. The average Bonchev–Trinajstić information content (AvgIpc) is 3.48. The van der Waals surface area contributed by atoms with Crippen LogP contribution in [0.1, 0.15) is 35.2 Å². The number of rotatable bonds is 9. The van der Waals surface area contributed by atoms with Crippen molar-refractivity contribution in [2.45, 2.75) is 35.2 Å². The molecular formula is C28H28Cl2N4O7S2. The molecule has 2 amide bonds. The normalized spacial score (nSPS) is 16.8. The minimum absolute atomic E-state index is 0.0461. The molecule has 1 saturated heterocycles. The Kier molecular flexibility index (Phi) is 9.26. The van der Waals surface area contributed by atoms with Gasteiger partial charge in [0.25, 0.3) is 5.91 Å². The Balaban J connectivity index is 1.34. The van der Waals surface area contributed by atoms with Crippen LogP contribution in [0.3, 0.4) is 0 Å². The molecule has 43 heavy (non-hydrogen) atoms. The second-order valence-electron chi connectivity index (χ2n) is 10.00. The highest BCUT2D eigenvalue weighted by Crippen LogP contribution is 2.37. The maximum Gasteiger partial charge on any atom is 0.315 e. The molecule has 3 heterocycles. The molecule has 1 atom stereocenters. The molecule has 2 aliphatic rings. The summed E-state index contributed by atoms with van der Waals surface area (Å²) in [5.74, 6) is -1.30. The third kappa shape index (κ3) is 6.35. The van der Waals surface area contributed by atoms with Crippen molar-refractivity contribution in [1.82, 2.24) is 19.4 Å². The van der Waals surface area contributed by atoms with Crippen LogP contribution in [0, 0.1) is 0 Å². The fourth-order valence-corrected chi connectivity index (χ4v) is 8.06. The van der Waals surface area contributed by atoms with Gasteiger partial charge in [0, 0.05) is 31.1 Å². The number of amides is 2. The molecule has 2 aromatic carbocycles. The molecule has 1 fully saturated rings. The molecule has 1 aromatic heterocycles. The van der Waals surface area contributed by atoms with E-state index in [2.05, 4.69) is 4.98 Å². The van der Waals surface area contributed by atoms with Crippen LogP contribution < -0.4 is 10.3 Å². The van der Waals surface area contributed by atoms with Crippen LogP contribution in [0.5, 0.6) is 11.5 Å². The van der Waals surface area contributed by atoms with Crippen molar-refractivity contribution in [2.75, 3.05) is 38.2 Å². The average molecular weight is 668 g/mol. The van der Waals surface area contributed by atoms with E-state index in [1.54, 1.807) is 23.1 Å². The molecule has 1 N–H and O–H groups in total. The lowest BCUT2D eigenvalue weighted by Gasteiger charge is -2.33. The topological polar surface area (TPSA) is 139 Å². The molecule has 11 nitrogen and oxygen atoms in total. The number of carbonyl (C=O) groups is 2. The summed E-state index contributed by atoms with van der Waals surface area (Å²) < 4.78 is 32.4. The highest BCUT2D eigenvalue weighted by molar-refractivity contribution is 8.00. The number of thioether (sulfide) groups is 1. The Hall–Kier alpha value is -3.26. The van der Waals surface area contributed by atoms with Gasteiger partial charge in [-0.05, 0) is 49.2 Å². The zero-order valence-corrected chi connectivity index (χ0v) is 26.2. The summed E-state index contributed by atoms with van der Waals surface area (Å²) in [5, 5.41) is 11.5. The molecule has 3 aromatic rings. The monoisotopic (exact) mass is 666 g/mol. The van der Waals surface area contributed by atoms with E-state index in [0.29, 0.717) is 40.1 Å². The maximum absolute atomic E-state index is 13.5. The smallest absolute Gasteiger partial charge is 0.315 e. The molecule has 0 bridgehead atoms. The summed E-state index contributed by atoms with van der Waals surface area (Å²) in [5.41, 5.74) is -1.25. The van der Waals surface area contributed by atoms with Crippen LogP contribution >= 0.6 is 35.0 Å². The summed E-state index contributed by atoms with van der Waals surface area (Å²) in [4.78, 5) is 47.2. The number of sulfone groups is 1. The number of benzene rings is 2. The van der Waals surface area contributed by atoms with Gasteiger partial charge in [0.1, 0.15) is 11.6 Å². The third-order valence-corrected chi connectivity index (χ3v) is 11.1. The van der Waals surface area contributed by atoms with Gasteiger partial charge in [0.2, 0.25) is 11.7 Å². The van der Waals surface area contributed by atoms with Crippen molar-refractivity contribution < 1.29 is 27.9 Å². The summed E-state index contributed by atoms with van der Waals surface area (Å²) in [7, 11) is -2.25. The number of hydrogen-bond donors (Lipinski definition) is 1. The number of methoxy groups -OCH3 is 1. The number of halogens is 2. The van der Waals surface area contributed by atoms with Crippen LogP contribution in [0.25, 0.3) is 0 Å². The van der Waals surface area contributed by atoms with Crippen LogP contribution in [0.4, 0.5) is 0 Å². The first-order valence-corrected chi connectivity index (χ1v) is 16.8. The van der Waals surface area contributed by atoms with E-state index in [1.165, 1.54) is 52.6 Å². The predicted molar refractivity (Wildman–Crippen MR) is 162 cm³/mol. The SMILES string of the molecule is COc1ccc(S(=O)(=O)CCN2CCn3c(C4CCCN4C(=O)CSc4c(Cl)cccc4Cl)nc(=O)c(O)c3C2=O)cc1. The van der Waals surface area contributed by atoms with Crippen molar-refractivity contribution >= 4 is 56.6 Å². The van der Waals surface area contributed by atoms with E-state index < -0.39 is 33.1 Å². The molecular weight excluding hydrogens is 639 g/mol. The van der Waals surface area contributed by atoms with Gasteiger partial charge in [-0.25, -0.2) is 8.42 Å². The summed E-state index contributed by atoms with van der Waals surface area (Å²) in [6.45, 7) is 0.564. The summed E-state index contributed by atoms with van der Waals surface area (Å²) in [6.07, 6.45) is 1.17. The molecule has 0 radical (unpaired) electrons. The maximum atomic E-state index is 13.5.